The number of carbonyl (C=O) groups excluding carboxylic acids is 1. The minimum Gasteiger partial charge on any atom is -0.351 e. The Kier molecular flexibility index (Phi) is 4.26. The molecule has 0 spiro atoms. The summed E-state index contributed by atoms with van der Waals surface area (Å²) in [5.41, 5.74) is -0.00363. The second-order valence-corrected chi connectivity index (χ2v) is 4.70. The summed E-state index contributed by atoms with van der Waals surface area (Å²) in [7, 11) is 0. The number of nitrogens with zero attached hydrogens (tertiary/aromatic N) is 2. The first-order chi connectivity index (χ1) is 9.08. The van der Waals surface area contributed by atoms with Crippen LogP contribution in [0, 0.1) is 12.7 Å². The molecule has 1 heterocycles. The molecule has 1 N–H and O–H groups in total. The smallest absolute Gasteiger partial charge is 0.254 e. The van der Waals surface area contributed by atoms with Crippen LogP contribution in [0.4, 0.5) is 4.39 Å². The van der Waals surface area contributed by atoms with Crippen molar-refractivity contribution in [2.24, 2.45) is 0 Å². The summed E-state index contributed by atoms with van der Waals surface area (Å²) in [6.07, 6.45) is 0.405. The molecule has 0 fully saturated rings. The fourth-order valence-electron chi connectivity index (χ4n) is 1.50. The van der Waals surface area contributed by atoms with E-state index in [0.717, 1.165) is 0 Å². The minimum absolute atomic E-state index is 0.00363. The molecule has 0 unspecified atom stereocenters. The number of aromatic nitrogens is 2. The van der Waals surface area contributed by atoms with E-state index in [2.05, 4.69) is 31.4 Å². The molecule has 5 nitrogen and oxygen atoms in total. The maximum absolute atomic E-state index is 13.7. The van der Waals surface area contributed by atoms with Crippen molar-refractivity contribution in [1.29, 1.82) is 0 Å². The van der Waals surface area contributed by atoms with Crippen LogP contribution < -0.4 is 5.32 Å². The van der Waals surface area contributed by atoms with Crippen molar-refractivity contribution in [2.75, 3.05) is 6.54 Å². The summed E-state index contributed by atoms with van der Waals surface area (Å²) in [6, 6.07) is 4.56. The number of benzene rings is 1. The number of halogens is 2. The first-order valence-electron chi connectivity index (χ1n) is 5.59. The highest BCUT2D eigenvalue weighted by Crippen LogP contribution is 2.18. The lowest BCUT2D eigenvalue weighted by Crippen LogP contribution is -2.26. The molecule has 1 aromatic heterocycles. The first kappa shape index (κ1) is 13.7. The second kappa shape index (κ2) is 5.92. The zero-order valence-electron chi connectivity index (χ0n) is 10.1. The van der Waals surface area contributed by atoms with Crippen LogP contribution in [0.3, 0.4) is 0 Å². The van der Waals surface area contributed by atoms with Gasteiger partial charge in [-0.3, -0.25) is 4.79 Å². The van der Waals surface area contributed by atoms with E-state index < -0.39 is 11.7 Å². The number of nitrogens with one attached hydrogen (secondary N) is 1. The average Bonchev–Trinajstić information content (AvgIpc) is 2.78. The Bertz CT molecular complexity index is 600. The van der Waals surface area contributed by atoms with Crippen molar-refractivity contribution in [3.63, 3.8) is 0 Å². The van der Waals surface area contributed by atoms with Crippen LogP contribution in [0.25, 0.3) is 0 Å². The fraction of sp³-hybridized carbons (Fsp3) is 0.250. The maximum atomic E-state index is 13.7. The molecule has 0 aliphatic heterocycles. The molecule has 0 saturated heterocycles. The lowest BCUT2D eigenvalue weighted by molar-refractivity contribution is 0.0949. The van der Waals surface area contributed by atoms with E-state index in [-0.39, 0.29) is 10.0 Å². The number of carbonyl (C=O) groups is 1. The topological polar surface area (TPSA) is 68.0 Å². The molecule has 1 aromatic carbocycles. The van der Waals surface area contributed by atoms with Gasteiger partial charge in [0.15, 0.2) is 5.82 Å². The monoisotopic (exact) mass is 327 g/mol. The highest BCUT2D eigenvalue weighted by Gasteiger charge is 2.13. The highest BCUT2D eigenvalue weighted by molar-refractivity contribution is 9.10. The van der Waals surface area contributed by atoms with Gasteiger partial charge in [0.1, 0.15) is 5.82 Å². The Morgan fingerprint density at radius 2 is 2.32 bits per heavy atom. The minimum atomic E-state index is -0.575. The van der Waals surface area contributed by atoms with Crippen molar-refractivity contribution in [3.8, 4) is 0 Å². The molecule has 0 bridgehead atoms. The molecule has 0 saturated carbocycles. The van der Waals surface area contributed by atoms with Crippen molar-refractivity contribution < 1.29 is 13.7 Å². The van der Waals surface area contributed by atoms with Crippen LogP contribution >= 0.6 is 15.9 Å². The van der Waals surface area contributed by atoms with Crippen molar-refractivity contribution in [2.45, 2.75) is 13.3 Å². The fourth-order valence-corrected chi connectivity index (χ4v) is 1.87. The Morgan fingerprint density at radius 1 is 1.53 bits per heavy atom. The number of amides is 1. The van der Waals surface area contributed by atoms with Gasteiger partial charge in [0.2, 0.25) is 5.89 Å². The Labute approximate surface area is 117 Å². The Balaban J connectivity index is 1.93. The van der Waals surface area contributed by atoms with Gasteiger partial charge in [-0.25, -0.2) is 4.39 Å². The molecule has 0 atom stereocenters. The third-order valence-corrected chi connectivity index (χ3v) is 3.00. The van der Waals surface area contributed by atoms with Gasteiger partial charge in [-0.1, -0.05) is 11.2 Å². The maximum Gasteiger partial charge on any atom is 0.254 e. The van der Waals surface area contributed by atoms with Crippen LogP contribution in [0.5, 0.6) is 0 Å². The predicted molar refractivity (Wildman–Crippen MR) is 69.2 cm³/mol. The average molecular weight is 328 g/mol. The summed E-state index contributed by atoms with van der Waals surface area (Å²) in [4.78, 5) is 15.8. The van der Waals surface area contributed by atoms with Crippen molar-refractivity contribution >= 4 is 21.8 Å². The summed E-state index contributed by atoms with van der Waals surface area (Å²) >= 11 is 3.03. The summed E-state index contributed by atoms with van der Waals surface area (Å²) in [5, 5.41) is 6.23. The molecule has 7 heteroatoms. The van der Waals surface area contributed by atoms with E-state index in [1.165, 1.54) is 12.1 Å². The molecule has 19 heavy (non-hydrogen) atoms. The van der Waals surface area contributed by atoms with E-state index >= 15 is 0 Å². The van der Waals surface area contributed by atoms with Gasteiger partial charge in [-0.2, -0.15) is 4.98 Å². The molecule has 2 aromatic rings. The van der Waals surface area contributed by atoms with Crippen LogP contribution in [0.1, 0.15) is 22.1 Å². The second-order valence-electron chi connectivity index (χ2n) is 3.84. The summed E-state index contributed by atoms with van der Waals surface area (Å²) in [6.45, 7) is 2.01. The van der Waals surface area contributed by atoms with Crippen LogP contribution in [0.15, 0.2) is 27.2 Å². The third kappa shape index (κ3) is 3.37. The van der Waals surface area contributed by atoms with Crippen molar-refractivity contribution in [3.05, 3.63) is 45.8 Å². The molecule has 1 amide bonds. The van der Waals surface area contributed by atoms with Crippen molar-refractivity contribution in [1.82, 2.24) is 15.5 Å². The zero-order valence-corrected chi connectivity index (χ0v) is 11.7. The standard InChI is InChI=1S/C12H11BrFN3O2/c1-7-16-10(19-17-7)5-6-15-12(18)8-3-2-4-9(13)11(8)14/h2-4H,5-6H2,1H3,(H,15,18). The molecule has 100 valence electrons. The summed E-state index contributed by atoms with van der Waals surface area (Å²) in [5.74, 6) is -0.0736. The Morgan fingerprint density at radius 3 is 3.00 bits per heavy atom. The number of rotatable bonds is 4. The number of hydrogen-bond acceptors (Lipinski definition) is 4. The number of aryl methyl sites for hydroxylation is 1. The van der Waals surface area contributed by atoms with Gasteiger partial charge in [0, 0.05) is 13.0 Å². The van der Waals surface area contributed by atoms with Gasteiger partial charge in [-0.15, -0.1) is 0 Å². The van der Waals surface area contributed by atoms with E-state index in [1.54, 1.807) is 13.0 Å². The van der Waals surface area contributed by atoms with E-state index in [4.69, 9.17) is 4.52 Å². The van der Waals surface area contributed by atoms with Gasteiger partial charge in [-0.05, 0) is 35.0 Å². The molecular formula is C12H11BrFN3O2. The first-order valence-corrected chi connectivity index (χ1v) is 6.38. The number of hydrogen-bond donors (Lipinski definition) is 1. The lowest BCUT2D eigenvalue weighted by atomic mass is 10.2. The quantitative estimate of drug-likeness (QED) is 0.935. The zero-order chi connectivity index (χ0) is 13.8. The Hall–Kier alpha value is -1.76. The lowest BCUT2D eigenvalue weighted by Gasteiger charge is -2.05. The third-order valence-electron chi connectivity index (χ3n) is 2.39. The van der Waals surface area contributed by atoms with Gasteiger partial charge >= 0.3 is 0 Å². The van der Waals surface area contributed by atoms with E-state index in [1.807, 2.05) is 0 Å². The molecule has 0 radical (unpaired) electrons. The molecule has 0 aliphatic carbocycles. The van der Waals surface area contributed by atoms with Crippen LogP contribution in [-0.2, 0) is 6.42 Å². The van der Waals surface area contributed by atoms with Crippen LogP contribution in [-0.4, -0.2) is 22.6 Å². The normalized spacial score (nSPS) is 10.5. The predicted octanol–water partition coefficient (Wildman–Crippen LogP) is 2.25. The largest absolute Gasteiger partial charge is 0.351 e. The molecular weight excluding hydrogens is 317 g/mol. The van der Waals surface area contributed by atoms with Gasteiger partial charge in [0.25, 0.3) is 5.91 Å². The SMILES string of the molecule is Cc1noc(CCNC(=O)c2cccc(Br)c2F)n1. The molecule has 2 rings (SSSR count). The van der Waals surface area contributed by atoms with E-state index in [9.17, 15) is 9.18 Å². The highest BCUT2D eigenvalue weighted by atomic mass is 79.9. The summed E-state index contributed by atoms with van der Waals surface area (Å²) < 4.78 is 18.8. The van der Waals surface area contributed by atoms with Crippen LogP contribution in [0.2, 0.25) is 0 Å². The molecule has 0 aliphatic rings. The van der Waals surface area contributed by atoms with Gasteiger partial charge < -0.3 is 9.84 Å². The van der Waals surface area contributed by atoms with E-state index in [0.29, 0.717) is 24.7 Å². The van der Waals surface area contributed by atoms with Gasteiger partial charge in [0.05, 0.1) is 10.0 Å².